The van der Waals surface area contributed by atoms with Crippen molar-refractivity contribution in [2.24, 2.45) is 0 Å². The van der Waals surface area contributed by atoms with Gasteiger partial charge in [0.2, 0.25) is 0 Å². The second kappa shape index (κ2) is 8.97. The average molecular weight is 410 g/mol. The van der Waals surface area contributed by atoms with Crippen molar-refractivity contribution in [3.63, 3.8) is 0 Å². The lowest BCUT2D eigenvalue weighted by Gasteiger charge is -2.12. The molecule has 0 radical (unpaired) electrons. The molecule has 0 saturated heterocycles. The van der Waals surface area contributed by atoms with Crippen LogP contribution in [0.1, 0.15) is 20.7 Å². The molecular formula is C26H18O5. The zero-order valence-corrected chi connectivity index (χ0v) is 16.4. The van der Waals surface area contributed by atoms with E-state index in [1.807, 2.05) is 6.07 Å². The molecule has 4 aromatic carbocycles. The minimum absolute atomic E-state index is 0.0856. The molecule has 0 atom stereocenters. The van der Waals surface area contributed by atoms with Gasteiger partial charge >= 0.3 is 11.9 Å². The van der Waals surface area contributed by atoms with Crippen LogP contribution in [0.15, 0.2) is 103 Å². The minimum atomic E-state index is -0.541. The summed E-state index contributed by atoms with van der Waals surface area (Å²) in [5.74, 6) is -0.627. The average Bonchev–Trinajstić information content (AvgIpc) is 2.80. The van der Waals surface area contributed by atoms with Gasteiger partial charge < -0.3 is 14.6 Å². The van der Waals surface area contributed by atoms with Crippen LogP contribution in [0.4, 0.5) is 0 Å². The van der Waals surface area contributed by atoms with Crippen molar-refractivity contribution in [2.45, 2.75) is 0 Å². The van der Waals surface area contributed by atoms with Crippen molar-refractivity contribution in [2.75, 3.05) is 0 Å². The Balaban J connectivity index is 1.63. The highest BCUT2D eigenvalue weighted by Gasteiger charge is 2.15. The molecule has 0 aliphatic rings. The Morgan fingerprint density at radius 1 is 0.613 bits per heavy atom. The molecule has 0 unspecified atom stereocenters. The molecule has 0 amide bonds. The number of carbonyl (C=O) groups is 2. The van der Waals surface area contributed by atoms with E-state index < -0.39 is 11.9 Å². The number of rotatable bonds is 5. The first-order chi connectivity index (χ1) is 15.1. The van der Waals surface area contributed by atoms with Crippen molar-refractivity contribution < 1.29 is 24.2 Å². The van der Waals surface area contributed by atoms with E-state index in [2.05, 4.69) is 0 Å². The largest absolute Gasteiger partial charge is 0.508 e. The Labute approximate surface area is 179 Å². The molecule has 4 aromatic rings. The highest BCUT2D eigenvalue weighted by Crippen LogP contribution is 2.35. The Morgan fingerprint density at radius 3 is 1.81 bits per heavy atom. The topological polar surface area (TPSA) is 72.8 Å². The number of phenolic OH excluding ortho intramolecular Hbond substituents is 1. The van der Waals surface area contributed by atoms with E-state index in [4.69, 9.17) is 9.47 Å². The summed E-state index contributed by atoms with van der Waals surface area (Å²) in [6, 6.07) is 28.6. The van der Waals surface area contributed by atoms with E-state index in [-0.39, 0.29) is 11.5 Å². The highest BCUT2D eigenvalue weighted by atomic mass is 16.5. The summed E-state index contributed by atoms with van der Waals surface area (Å²) in [5, 5.41) is 10.2. The maximum absolute atomic E-state index is 12.5. The third-order valence-corrected chi connectivity index (χ3v) is 4.52. The lowest BCUT2D eigenvalue weighted by Crippen LogP contribution is -2.09. The van der Waals surface area contributed by atoms with Crippen molar-refractivity contribution in [3.8, 4) is 28.4 Å². The van der Waals surface area contributed by atoms with Gasteiger partial charge in [-0.25, -0.2) is 9.59 Å². The van der Waals surface area contributed by atoms with Crippen LogP contribution in [0.25, 0.3) is 11.1 Å². The molecule has 5 heteroatoms. The number of hydrogen-bond acceptors (Lipinski definition) is 5. The monoisotopic (exact) mass is 410 g/mol. The fraction of sp³-hybridized carbons (Fsp3) is 0. The molecule has 5 nitrogen and oxygen atoms in total. The Morgan fingerprint density at radius 2 is 1.16 bits per heavy atom. The number of hydrogen-bond donors (Lipinski definition) is 1. The Kier molecular flexibility index (Phi) is 5.76. The molecule has 1 N–H and O–H groups in total. The van der Waals surface area contributed by atoms with Crippen molar-refractivity contribution in [1.82, 2.24) is 0 Å². The maximum atomic E-state index is 12.5. The fourth-order valence-electron chi connectivity index (χ4n) is 3.07. The van der Waals surface area contributed by atoms with Crippen molar-refractivity contribution >= 4 is 11.9 Å². The smallest absolute Gasteiger partial charge is 0.343 e. The predicted molar refractivity (Wildman–Crippen MR) is 116 cm³/mol. The van der Waals surface area contributed by atoms with E-state index in [0.29, 0.717) is 28.0 Å². The van der Waals surface area contributed by atoms with Gasteiger partial charge in [0.05, 0.1) is 11.1 Å². The first-order valence-electron chi connectivity index (χ1n) is 9.58. The number of ether oxygens (including phenoxy) is 2. The van der Waals surface area contributed by atoms with Gasteiger partial charge in [0.15, 0.2) is 0 Å². The summed E-state index contributed by atoms with van der Waals surface area (Å²) in [4.78, 5) is 24.9. The molecule has 0 aliphatic carbocycles. The third kappa shape index (κ3) is 4.79. The van der Waals surface area contributed by atoms with Gasteiger partial charge in [-0.1, -0.05) is 54.6 Å². The van der Waals surface area contributed by atoms with E-state index in [1.54, 1.807) is 84.9 Å². The number of para-hydroxylation sites is 1. The predicted octanol–water partition coefficient (Wildman–Crippen LogP) is 5.50. The minimum Gasteiger partial charge on any atom is -0.508 e. The van der Waals surface area contributed by atoms with Gasteiger partial charge in [-0.05, 0) is 48.0 Å². The Hall–Kier alpha value is -4.38. The van der Waals surface area contributed by atoms with E-state index >= 15 is 0 Å². The van der Waals surface area contributed by atoms with E-state index in [9.17, 15) is 14.7 Å². The van der Waals surface area contributed by atoms with E-state index in [0.717, 1.165) is 0 Å². The lowest BCUT2D eigenvalue weighted by atomic mass is 10.0. The molecule has 0 saturated carbocycles. The van der Waals surface area contributed by atoms with Gasteiger partial charge in [-0.2, -0.15) is 0 Å². The van der Waals surface area contributed by atoms with Crippen LogP contribution in [-0.2, 0) is 0 Å². The Bertz CT molecular complexity index is 1220. The van der Waals surface area contributed by atoms with E-state index in [1.165, 1.54) is 12.1 Å². The molecule has 0 spiro atoms. The van der Waals surface area contributed by atoms with Crippen LogP contribution in [0.5, 0.6) is 17.2 Å². The van der Waals surface area contributed by atoms with Gasteiger partial charge in [0.25, 0.3) is 0 Å². The zero-order valence-electron chi connectivity index (χ0n) is 16.4. The van der Waals surface area contributed by atoms with Gasteiger partial charge in [-0.3, -0.25) is 0 Å². The number of carbonyl (C=O) groups excluding carboxylic acids is 2. The van der Waals surface area contributed by atoms with Crippen LogP contribution < -0.4 is 9.47 Å². The molecule has 152 valence electrons. The van der Waals surface area contributed by atoms with Crippen LogP contribution in [0.2, 0.25) is 0 Å². The van der Waals surface area contributed by atoms with Crippen LogP contribution in [-0.4, -0.2) is 17.0 Å². The first kappa shape index (κ1) is 19.9. The lowest BCUT2D eigenvalue weighted by molar-refractivity contribution is 0.0726. The van der Waals surface area contributed by atoms with Crippen LogP contribution in [0, 0.1) is 0 Å². The molecule has 0 fully saturated rings. The molecule has 0 aromatic heterocycles. The van der Waals surface area contributed by atoms with Crippen molar-refractivity contribution in [3.05, 3.63) is 114 Å². The fourth-order valence-corrected chi connectivity index (χ4v) is 3.07. The molecular weight excluding hydrogens is 392 g/mol. The first-order valence-corrected chi connectivity index (χ1v) is 9.58. The van der Waals surface area contributed by atoms with Gasteiger partial charge in [0, 0.05) is 11.6 Å². The van der Waals surface area contributed by atoms with Crippen LogP contribution >= 0.6 is 0 Å². The summed E-state index contributed by atoms with van der Waals surface area (Å²) in [7, 11) is 0. The summed E-state index contributed by atoms with van der Waals surface area (Å²) in [6.07, 6.45) is 0. The van der Waals surface area contributed by atoms with Crippen LogP contribution in [0.3, 0.4) is 0 Å². The molecule has 4 rings (SSSR count). The van der Waals surface area contributed by atoms with Gasteiger partial charge in [0.1, 0.15) is 17.2 Å². The molecule has 0 heterocycles. The second-order valence-electron chi connectivity index (χ2n) is 6.72. The standard InChI is InChI=1S/C26H18O5/c27-21-15-20(16-22(17-21)30-25(28)18-9-3-1-4-10-18)23-13-7-8-14-24(23)31-26(29)19-11-5-2-6-12-19/h1-17,27H. The maximum Gasteiger partial charge on any atom is 0.343 e. The van der Waals surface area contributed by atoms with Crippen molar-refractivity contribution in [1.29, 1.82) is 0 Å². The number of esters is 2. The second-order valence-corrected chi connectivity index (χ2v) is 6.72. The summed E-state index contributed by atoms with van der Waals surface area (Å²) in [5.41, 5.74) is 1.92. The quantitative estimate of drug-likeness (QED) is 0.348. The molecule has 0 aliphatic heterocycles. The molecule has 31 heavy (non-hydrogen) atoms. The summed E-state index contributed by atoms with van der Waals surface area (Å²) >= 11 is 0. The SMILES string of the molecule is O=C(Oc1cc(O)cc(-c2ccccc2OC(=O)c2ccccc2)c1)c1ccccc1. The zero-order chi connectivity index (χ0) is 21.6. The highest BCUT2D eigenvalue weighted by molar-refractivity contribution is 5.93. The normalized spacial score (nSPS) is 10.3. The summed E-state index contributed by atoms with van der Waals surface area (Å²) < 4.78 is 11.0. The number of phenols is 1. The number of benzene rings is 4. The third-order valence-electron chi connectivity index (χ3n) is 4.52. The van der Waals surface area contributed by atoms with Gasteiger partial charge in [-0.15, -0.1) is 0 Å². The number of aromatic hydroxyl groups is 1. The molecule has 0 bridgehead atoms. The summed E-state index contributed by atoms with van der Waals surface area (Å²) in [6.45, 7) is 0.